The van der Waals surface area contributed by atoms with E-state index in [4.69, 9.17) is 4.74 Å². The zero-order chi connectivity index (χ0) is 23.1. The Morgan fingerprint density at radius 2 is 1.64 bits per heavy atom. The number of carbonyl (C=O) groups is 2. The maximum atomic E-state index is 13.0. The summed E-state index contributed by atoms with van der Waals surface area (Å²) < 4.78 is 5.64. The molecule has 5 rings (SSSR count). The first kappa shape index (κ1) is 20.7. The molecule has 0 aromatic heterocycles. The van der Waals surface area contributed by atoms with Crippen molar-refractivity contribution in [2.24, 2.45) is 0 Å². The molecule has 3 aromatic carbocycles. The first-order valence-electron chi connectivity index (χ1n) is 10.5. The Hall–Kier alpha value is -4.20. The summed E-state index contributed by atoms with van der Waals surface area (Å²) in [6, 6.07) is 19.1. The van der Waals surface area contributed by atoms with E-state index in [0.717, 1.165) is 27.2 Å². The van der Waals surface area contributed by atoms with Crippen molar-refractivity contribution in [3.8, 4) is 11.1 Å². The van der Waals surface area contributed by atoms with E-state index in [1.54, 1.807) is 6.07 Å². The first-order valence-corrected chi connectivity index (χ1v) is 10.5. The SMILES string of the molecule is O=C(O)[C@@H]1Cc2ccc([N+](=O)[O-])cc2CN1C(=O)OCC1c2ccccc2-c2ccccc21. The molecule has 1 amide bonds. The van der Waals surface area contributed by atoms with E-state index in [2.05, 4.69) is 0 Å². The van der Waals surface area contributed by atoms with E-state index in [1.165, 1.54) is 12.1 Å². The quantitative estimate of drug-likeness (QED) is 0.473. The number of carbonyl (C=O) groups excluding carboxylic acids is 1. The van der Waals surface area contributed by atoms with Gasteiger partial charge < -0.3 is 9.84 Å². The lowest BCUT2D eigenvalue weighted by atomic mass is 9.94. The predicted octanol–water partition coefficient (Wildman–Crippen LogP) is 4.36. The highest BCUT2D eigenvalue weighted by Gasteiger charge is 2.37. The molecule has 33 heavy (non-hydrogen) atoms. The van der Waals surface area contributed by atoms with Gasteiger partial charge >= 0.3 is 12.1 Å². The summed E-state index contributed by atoms with van der Waals surface area (Å²) in [4.78, 5) is 36.7. The van der Waals surface area contributed by atoms with Crippen molar-refractivity contribution in [2.45, 2.75) is 24.9 Å². The van der Waals surface area contributed by atoms with Crippen LogP contribution in [0.3, 0.4) is 0 Å². The fourth-order valence-corrected chi connectivity index (χ4v) is 4.77. The van der Waals surface area contributed by atoms with Crippen molar-refractivity contribution in [3.63, 3.8) is 0 Å². The average molecular weight is 444 g/mol. The highest BCUT2D eigenvalue weighted by molar-refractivity contribution is 5.82. The van der Waals surface area contributed by atoms with Gasteiger partial charge in [0.15, 0.2) is 0 Å². The molecule has 0 radical (unpaired) electrons. The van der Waals surface area contributed by atoms with Gasteiger partial charge in [0.05, 0.1) is 11.5 Å². The van der Waals surface area contributed by atoms with Crippen LogP contribution in [0.2, 0.25) is 0 Å². The third-order valence-electron chi connectivity index (χ3n) is 6.39. The van der Waals surface area contributed by atoms with Crippen LogP contribution in [0.1, 0.15) is 28.2 Å². The van der Waals surface area contributed by atoms with Crippen LogP contribution in [0.25, 0.3) is 11.1 Å². The van der Waals surface area contributed by atoms with E-state index < -0.39 is 23.0 Å². The molecule has 166 valence electrons. The largest absolute Gasteiger partial charge is 0.480 e. The molecule has 0 saturated heterocycles. The molecule has 2 aliphatic rings. The van der Waals surface area contributed by atoms with Crippen molar-refractivity contribution in [2.75, 3.05) is 6.61 Å². The molecular formula is C25H20N2O6. The second-order valence-corrected chi connectivity index (χ2v) is 8.20. The molecular weight excluding hydrogens is 424 g/mol. The minimum absolute atomic E-state index is 0.0624. The lowest BCUT2D eigenvalue weighted by molar-refractivity contribution is -0.385. The van der Waals surface area contributed by atoms with E-state index in [1.807, 2.05) is 48.5 Å². The smallest absolute Gasteiger partial charge is 0.410 e. The van der Waals surface area contributed by atoms with Crippen molar-refractivity contribution < 1.29 is 24.4 Å². The summed E-state index contributed by atoms with van der Waals surface area (Å²) in [5.41, 5.74) is 5.43. The van der Waals surface area contributed by atoms with E-state index in [0.29, 0.717) is 11.1 Å². The van der Waals surface area contributed by atoms with Crippen molar-refractivity contribution in [1.82, 2.24) is 4.90 Å². The highest BCUT2D eigenvalue weighted by atomic mass is 16.6. The number of nitro benzene ring substituents is 1. The van der Waals surface area contributed by atoms with E-state index in [-0.39, 0.29) is 31.2 Å². The van der Waals surface area contributed by atoms with Crippen LogP contribution in [0.5, 0.6) is 0 Å². The average Bonchev–Trinajstić information content (AvgIpc) is 3.15. The predicted molar refractivity (Wildman–Crippen MR) is 119 cm³/mol. The van der Waals surface area contributed by atoms with Crippen LogP contribution in [-0.4, -0.2) is 39.6 Å². The van der Waals surface area contributed by atoms with Crippen molar-refractivity contribution in [3.05, 3.63) is 99.1 Å². The summed E-state index contributed by atoms with van der Waals surface area (Å²) in [5.74, 6) is -1.30. The minimum Gasteiger partial charge on any atom is -0.480 e. The van der Waals surface area contributed by atoms with Gasteiger partial charge in [0.2, 0.25) is 0 Å². The number of ether oxygens (including phenoxy) is 1. The van der Waals surface area contributed by atoms with E-state index in [9.17, 15) is 24.8 Å². The van der Waals surface area contributed by atoms with Crippen LogP contribution in [0.15, 0.2) is 66.7 Å². The normalized spacial score (nSPS) is 16.5. The molecule has 1 aliphatic heterocycles. The second-order valence-electron chi connectivity index (χ2n) is 8.20. The zero-order valence-corrected chi connectivity index (χ0v) is 17.5. The molecule has 8 nitrogen and oxygen atoms in total. The number of rotatable bonds is 4. The summed E-state index contributed by atoms with van der Waals surface area (Å²) in [7, 11) is 0. The third kappa shape index (κ3) is 3.59. The van der Waals surface area contributed by atoms with Crippen LogP contribution < -0.4 is 0 Å². The fourth-order valence-electron chi connectivity index (χ4n) is 4.77. The van der Waals surface area contributed by atoms with Gasteiger partial charge in [-0.05, 0) is 33.4 Å². The molecule has 0 spiro atoms. The fraction of sp³-hybridized carbons (Fsp3) is 0.200. The Morgan fingerprint density at radius 1 is 1.00 bits per heavy atom. The molecule has 1 heterocycles. The minimum atomic E-state index is -1.15. The molecule has 1 N–H and O–H groups in total. The number of non-ortho nitro benzene ring substituents is 1. The van der Waals surface area contributed by atoms with Crippen LogP contribution in [0, 0.1) is 10.1 Å². The number of fused-ring (bicyclic) bond motifs is 4. The van der Waals surface area contributed by atoms with Gasteiger partial charge in [-0.25, -0.2) is 9.59 Å². The Balaban J connectivity index is 1.39. The van der Waals surface area contributed by atoms with Gasteiger partial charge in [0.25, 0.3) is 5.69 Å². The third-order valence-corrected chi connectivity index (χ3v) is 6.39. The van der Waals surface area contributed by atoms with Crippen LogP contribution in [-0.2, 0) is 22.5 Å². The zero-order valence-electron chi connectivity index (χ0n) is 17.5. The number of carboxylic acid groups (broad SMARTS) is 1. The summed E-state index contributed by atoms with van der Waals surface area (Å²) in [6.45, 7) is 0.00213. The highest BCUT2D eigenvalue weighted by Crippen LogP contribution is 2.44. The van der Waals surface area contributed by atoms with Gasteiger partial charge in [-0.15, -0.1) is 0 Å². The van der Waals surface area contributed by atoms with Gasteiger partial charge in [0.1, 0.15) is 12.6 Å². The number of amides is 1. The van der Waals surface area contributed by atoms with Gasteiger partial charge in [-0.2, -0.15) is 0 Å². The summed E-state index contributed by atoms with van der Waals surface area (Å²) in [6.07, 6.45) is -0.686. The molecule has 0 saturated carbocycles. The number of benzene rings is 3. The number of aliphatic carboxylic acids is 1. The summed E-state index contributed by atoms with van der Waals surface area (Å²) in [5, 5.41) is 20.8. The lowest BCUT2D eigenvalue weighted by Gasteiger charge is -2.33. The number of carboxylic acids is 1. The number of nitrogens with zero attached hydrogens (tertiary/aromatic N) is 2. The van der Waals surface area contributed by atoms with Gasteiger partial charge in [-0.3, -0.25) is 15.0 Å². The monoisotopic (exact) mass is 444 g/mol. The Bertz CT molecular complexity index is 1240. The topological polar surface area (TPSA) is 110 Å². The van der Waals surface area contributed by atoms with Gasteiger partial charge in [0, 0.05) is 24.5 Å². The van der Waals surface area contributed by atoms with Crippen LogP contribution in [0.4, 0.5) is 10.5 Å². The number of nitro groups is 1. The van der Waals surface area contributed by atoms with Crippen molar-refractivity contribution in [1.29, 1.82) is 0 Å². The van der Waals surface area contributed by atoms with E-state index >= 15 is 0 Å². The standard InChI is InChI=1S/C25H20N2O6/c28-24(29)23-12-15-9-10-17(27(31)32)11-16(15)13-26(23)25(30)33-14-22-20-7-3-1-5-18(20)19-6-2-4-8-21(19)22/h1-11,22-23H,12-14H2,(H,28,29)/t23-/m0/s1. The number of hydrogen-bond acceptors (Lipinski definition) is 5. The second kappa shape index (κ2) is 8.05. The Labute approximate surface area is 189 Å². The first-order chi connectivity index (χ1) is 15.9. The molecule has 0 unspecified atom stereocenters. The molecule has 0 bridgehead atoms. The number of hydrogen-bond donors (Lipinski definition) is 1. The molecule has 0 fully saturated rings. The maximum absolute atomic E-state index is 13.0. The molecule has 1 atom stereocenters. The lowest BCUT2D eigenvalue weighted by Crippen LogP contribution is -2.49. The Morgan fingerprint density at radius 3 is 2.24 bits per heavy atom. The molecule has 3 aromatic rings. The van der Waals surface area contributed by atoms with Crippen LogP contribution >= 0.6 is 0 Å². The van der Waals surface area contributed by atoms with Crippen molar-refractivity contribution >= 4 is 17.7 Å². The molecule has 1 aliphatic carbocycles. The summed E-state index contributed by atoms with van der Waals surface area (Å²) >= 11 is 0. The molecule has 8 heteroatoms. The maximum Gasteiger partial charge on any atom is 0.410 e. The Kier molecular flexibility index (Phi) is 5.05. The van der Waals surface area contributed by atoms with Gasteiger partial charge in [-0.1, -0.05) is 54.6 Å².